The summed E-state index contributed by atoms with van der Waals surface area (Å²) in [5.74, 6) is -2.82. The van der Waals surface area contributed by atoms with Gasteiger partial charge in [0.15, 0.2) is 11.6 Å². The van der Waals surface area contributed by atoms with Gasteiger partial charge in [-0.2, -0.15) is 0 Å². The molecule has 1 aromatic carbocycles. The summed E-state index contributed by atoms with van der Waals surface area (Å²) in [6.07, 6.45) is 0. The first-order valence-electron chi connectivity index (χ1n) is 3.52. The maximum atomic E-state index is 12.6. The minimum absolute atomic E-state index is 0.159. The fourth-order valence-corrected chi connectivity index (χ4v) is 0.870. The molecule has 1 aromatic rings. The van der Waals surface area contributed by atoms with Crippen LogP contribution < -0.4 is 11.5 Å². The minimum Gasteiger partial charge on any atom is -0.368 e. The van der Waals surface area contributed by atoms with Gasteiger partial charge in [-0.1, -0.05) is 6.07 Å². The highest BCUT2D eigenvalue weighted by Gasteiger charge is 2.13. The molecule has 5 heteroatoms. The second kappa shape index (κ2) is 3.49. The van der Waals surface area contributed by atoms with Gasteiger partial charge in [0.25, 0.3) is 0 Å². The first kappa shape index (κ1) is 9.60. The van der Waals surface area contributed by atoms with Gasteiger partial charge < -0.3 is 11.5 Å². The first-order chi connectivity index (χ1) is 6.02. The highest BCUT2D eigenvalue weighted by Crippen LogP contribution is 2.13. The van der Waals surface area contributed by atoms with Crippen molar-refractivity contribution in [3.05, 3.63) is 35.4 Å². The molecule has 0 fully saturated rings. The van der Waals surface area contributed by atoms with Crippen molar-refractivity contribution in [3.8, 4) is 0 Å². The minimum atomic E-state index is -1.10. The van der Waals surface area contributed by atoms with Crippen LogP contribution in [-0.2, 0) is 4.79 Å². The second-order valence-electron chi connectivity index (χ2n) is 2.55. The fourth-order valence-electron chi connectivity index (χ4n) is 0.870. The van der Waals surface area contributed by atoms with Gasteiger partial charge in [-0.05, 0) is 17.7 Å². The third-order valence-corrected chi connectivity index (χ3v) is 1.61. The molecular weight excluding hydrogens is 178 g/mol. The largest absolute Gasteiger partial charge is 0.368 e. The molecule has 0 unspecified atom stereocenters. The summed E-state index contributed by atoms with van der Waals surface area (Å²) in [5, 5.41) is 0. The number of halogens is 2. The molecule has 0 aliphatic rings. The van der Waals surface area contributed by atoms with Crippen LogP contribution in [0.5, 0.6) is 0 Å². The van der Waals surface area contributed by atoms with Crippen LogP contribution in [0.2, 0.25) is 0 Å². The SMILES string of the molecule is NC(=O)[C@H](N)c1ccc(F)c(F)c1. The van der Waals surface area contributed by atoms with E-state index in [1.54, 1.807) is 0 Å². The predicted octanol–water partition coefficient (Wildman–Crippen LogP) is 0.450. The number of carbonyl (C=O) groups excluding carboxylic acids is 1. The number of benzene rings is 1. The van der Waals surface area contributed by atoms with Crippen molar-refractivity contribution in [3.63, 3.8) is 0 Å². The summed E-state index contributed by atoms with van der Waals surface area (Å²) < 4.78 is 25.1. The zero-order valence-corrected chi connectivity index (χ0v) is 6.63. The summed E-state index contributed by atoms with van der Waals surface area (Å²) in [5.41, 5.74) is 10.3. The van der Waals surface area contributed by atoms with Crippen molar-refractivity contribution in [1.82, 2.24) is 0 Å². The normalized spacial score (nSPS) is 12.5. The molecule has 0 saturated carbocycles. The Hall–Kier alpha value is -1.49. The predicted molar refractivity (Wildman–Crippen MR) is 42.5 cm³/mol. The van der Waals surface area contributed by atoms with Gasteiger partial charge in [-0.15, -0.1) is 0 Å². The van der Waals surface area contributed by atoms with E-state index in [1.165, 1.54) is 6.07 Å². The van der Waals surface area contributed by atoms with Gasteiger partial charge in [-0.3, -0.25) is 4.79 Å². The summed E-state index contributed by atoms with van der Waals surface area (Å²) in [4.78, 5) is 10.6. The molecule has 70 valence electrons. The Morgan fingerprint density at radius 1 is 1.31 bits per heavy atom. The smallest absolute Gasteiger partial charge is 0.238 e. The van der Waals surface area contributed by atoms with E-state index in [0.717, 1.165) is 12.1 Å². The second-order valence-corrected chi connectivity index (χ2v) is 2.55. The number of nitrogens with two attached hydrogens (primary N) is 2. The Morgan fingerprint density at radius 3 is 2.38 bits per heavy atom. The van der Waals surface area contributed by atoms with Gasteiger partial charge >= 0.3 is 0 Å². The van der Waals surface area contributed by atoms with E-state index in [1.807, 2.05) is 0 Å². The highest BCUT2D eigenvalue weighted by atomic mass is 19.2. The standard InChI is InChI=1S/C8H8F2N2O/c9-5-2-1-4(3-6(5)10)7(11)8(12)13/h1-3,7H,11H2,(H2,12,13)/t7-/m1/s1. The molecule has 0 aromatic heterocycles. The number of hydrogen-bond donors (Lipinski definition) is 2. The van der Waals surface area contributed by atoms with Crippen molar-refractivity contribution < 1.29 is 13.6 Å². The van der Waals surface area contributed by atoms with Gasteiger partial charge in [0.05, 0.1) is 0 Å². The van der Waals surface area contributed by atoms with Crippen molar-refractivity contribution in [2.75, 3.05) is 0 Å². The van der Waals surface area contributed by atoms with Crippen LogP contribution in [0.3, 0.4) is 0 Å². The van der Waals surface area contributed by atoms with E-state index in [4.69, 9.17) is 11.5 Å². The number of hydrogen-bond acceptors (Lipinski definition) is 2. The van der Waals surface area contributed by atoms with E-state index in [2.05, 4.69) is 0 Å². The van der Waals surface area contributed by atoms with Crippen LogP contribution in [-0.4, -0.2) is 5.91 Å². The maximum absolute atomic E-state index is 12.6. The Bertz CT molecular complexity index is 341. The molecule has 0 radical (unpaired) electrons. The van der Waals surface area contributed by atoms with Crippen LogP contribution in [0.4, 0.5) is 8.78 Å². The van der Waals surface area contributed by atoms with Gasteiger partial charge in [0.1, 0.15) is 6.04 Å². The molecule has 1 rings (SSSR count). The van der Waals surface area contributed by atoms with Crippen molar-refractivity contribution >= 4 is 5.91 Å². The molecule has 1 amide bonds. The quantitative estimate of drug-likeness (QED) is 0.704. The molecule has 0 aliphatic heterocycles. The Kier molecular flexibility index (Phi) is 2.57. The molecule has 1 atom stereocenters. The summed E-state index contributed by atoms with van der Waals surface area (Å²) >= 11 is 0. The molecule has 0 spiro atoms. The molecule has 3 nitrogen and oxygen atoms in total. The molecule has 0 bridgehead atoms. The van der Waals surface area contributed by atoms with Crippen molar-refractivity contribution in [1.29, 1.82) is 0 Å². The lowest BCUT2D eigenvalue weighted by Gasteiger charge is -2.07. The summed E-state index contributed by atoms with van der Waals surface area (Å²) in [6, 6.07) is 1.86. The Labute approximate surface area is 73.3 Å². The summed E-state index contributed by atoms with van der Waals surface area (Å²) in [6.45, 7) is 0. The molecule has 4 N–H and O–H groups in total. The third-order valence-electron chi connectivity index (χ3n) is 1.61. The monoisotopic (exact) mass is 186 g/mol. The lowest BCUT2D eigenvalue weighted by molar-refractivity contribution is -0.119. The third kappa shape index (κ3) is 2.00. The maximum Gasteiger partial charge on any atom is 0.238 e. The fraction of sp³-hybridized carbons (Fsp3) is 0.125. The average molecular weight is 186 g/mol. The van der Waals surface area contributed by atoms with E-state index in [-0.39, 0.29) is 5.56 Å². The molecule has 0 saturated heterocycles. The van der Waals surface area contributed by atoms with E-state index >= 15 is 0 Å². The number of carbonyl (C=O) groups is 1. The summed E-state index contributed by atoms with van der Waals surface area (Å²) in [7, 11) is 0. The van der Waals surface area contributed by atoms with E-state index in [0.29, 0.717) is 0 Å². The highest BCUT2D eigenvalue weighted by molar-refractivity contribution is 5.81. The van der Waals surface area contributed by atoms with Crippen LogP contribution >= 0.6 is 0 Å². The van der Waals surface area contributed by atoms with Crippen LogP contribution in [0.1, 0.15) is 11.6 Å². The number of rotatable bonds is 2. The molecule has 13 heavy (non-hydrogen) atoms. The van der Waals surface area contributed by atoms with E-state index in [9.17, 15) is 13.6 Å². The first-order valence-corrected chi connectivity index (χ1v) is 3.52. The van der Waals surface area contributed by atoms with Crippen molar-refractivity contribution in [2.24, 2.45) is 11.5 Å². The van der Waals surface area contributed by atoms with Crippen molar-refractivity contribution in [2.45, 2.75) is 6.04 Å². The molecule has 0 heterocycles. The van der Waals surface area contributed by atoms with Crippen LogP contribution in [0, 0.1) is 11.6 Å². The van der Waals surface area contributed by atoms with Crippen LogP contribution in [0.15, 0.2) is 18.2 Å². The zero-order chi connectivity index (χ0) is 10.0. The Morgan fingerprint density at radius 2 is 1.92 bits per heavy atom. The van der Waals surface area contributed by atoms with Gasteiger partial charge in [-0.25, -0.2) is 8.78 Å². The van der Waals surface area contributed by atoms with Gasteiger partial charge in [0.2, 0.25) is 5.91 Å². The van der Waals surface area contributed by atoms with E-state index < -0.39 is 23.6 Å². The topological polar surface area (TPSA) is 69.1 Å². The molecular formula is C8H8F2N2O. The average Bonchev–Trinajstić information content (AvgIpc) is 2.08. The number of amides is 1. The molecule has 0 aliphatic carbocycles. The van der Waals surface area contributed by atoms with Gasteiger partial charge in [0, 0.05) is 0 Å². The number of primary amides is 1. The van der Waals surface area contributed by atoms with Crippen LogP contribution in [0.25, 0.3) is 0 Å². The Balaban J connectivity index is 3.03. The lowest BCUT2D eigenvalue weighted by Crippen LogP contribution is -2.28. The lowest BCUT2D eigenvalue weighted by atomic mass is 10.1. The zero-order valence-electron chi connectivity index (χ0n) is 6.63.